The Kier molecular flexibility index (Phi) is 4.40. The van der Waals surface area contributed by atoms with Crippen LogP contribution in [0.2, 0.25) is 0 Å². The monoisotopic (exact) mass is 439 g/mol. The molecule has 1 amide bonds. The van der Waals surface area contributed by atoms with Gasteiger partial charge < -0.3 is 14.8 Å². The van der Waals surface area contributed by atoms with E-state index >= 15 is 0 Å². The van der Waals surface area contributed by atoms with E-state index in [4.69, 9.17) is 0 Å². The van der Waals surface area contributed by atoms with Crippen LogP contribution in [0.3, 0.4) is 0 Å². The number of likely N-dealkylation sites (tertiary alicyclic amines) is 1. The van der Waals surface area contributed by atoms with Crippen LogP contribution >= 0.6 is 0 Å². The highest BCUT2D eigenvalue weighted by Gasteiger charge is 2.42. The van der Waals surface area contributed by atoms with Crippen molar-refractivity contribution < 1.29 is 4.79 Å². The van der Waals surface area contributed by atoms with Crippen LogP contribution in [0.15, 0.2) is 71.7 Å². The van der Waals surface area contributed by atoms with Gasteiger partial charge in [0.05, 0.1) is 28.0 Å². The maximum atomic E-state index is 13.1. The lowest BCUT2D eigenvalue weighted by Crippen LogP contribution is -2.51. The second-order valence-corrected chi connectivity index (χ2v) is 8.96. The minimum Gasteiger partial charge on any atom is -0.372 e. The van der Waals surface area contributed by atoms with Crippen molar-refractivity contribution in [3.05, 3.63) is 88.6 Å². The molecule has 0 radical (unpaired) electrons. The quantitative estimate of drug-likeness (QED) is 0.519. The Balaban J connectivity index is 1.23. The first-order valence-electron chi connectivity index (χ1n) is 11.4. The molecule has 4 heterocycles. The number of hydrogen-bond acceptors (Lipinski definition) is 4. The standard InChI is InChI=1S/C26H25N5O2/c1-18-19-7-2-3-8-20(19)25(33)31(28-18)17-24(32)29-15-12-26(13-16-29)23-11-6-14-30(23)22-10-5-4-9-21(22)27-26/h2-11,14,27H,12-13,15-17H2,1H3. The van der Waals surface area contributed by atoms with Gasteiger partial charge >= 0.3 is 0 Å². The van der Waals surface area contributed by atoms with E-state index in [0.29, 0.717) is 18.5 Å². The van der Waals surface area contributed by atoms with Gasteiger partial charge in [0, 0.05) is 30.4 Å². The molecule has 2 aromatic carbocycles. The normalized spacial score (nSPS) is 16.3. The van der Waals surface area contributed by atoms with Crippen LogP contribution in [-0.4, -0.2) is 38.2 Å². The molecule has 1 N–H and O–H groups in total. The van der Waals surface area contributed by atoms with Crippen molar-refractivity contribution in [2.75, 3.05) is 18.4 Å². The Labute approximate surface area is 191 Å². The van der Waals surface area contributed by atoms with Crippen LogP contribution in [0.5, 0.6) is 0 Å². The number of carbonyl (C=O) groups excluding carboxylic acids is 1. The molecule has 0 unspecified atom stereocenters. The number of para-hydroxylation sites is 2. The van der Waals surface area contributed by atoms with E-state index in [-0.39, 0.29) is 23.6 Å². The Hall–Kier alpha value is -3.87. The Morgan fingerprint density at radius 1 is 1.00 bits per heavy atom. The molecule has 7 heteroatoms. The molecule has 2 aromatic heterocycles. The zero-order valence-corrected chi connectivity index (χ0v) is 18.5. The summed E-state index contributed by atoms with van der Waals surface area (Å²) >= 11 is 0. The van der Waals surface area contributed by atoms with Crippen LogP contribution in [0, 0.1) is 6.92 Å². The van der Waals surface area contributed by atoms with E-state index in [1.54, 1.807) is 6.07 Å². The number of fused-ring (bicyclic) bond motifs is 5. The highest BCUT2D eigenvalue weighted by atomic mass is 16.2. The predicted octanol–water partition coefficient (Wildman–Crippen LogP) is 3.44. The number of nitrogens with zero attached hydrogens (tertiary/aromatic N) is 4. The summed E-state index contributed by atoms with van der Waals surface area (Å²) in [5, 5.41) is 9.61. The average molecular weight is 440 g/mol. The number of piperidine rings is 1. The van der Waals surface area contributed by atoms with Crippen molar-refractivity contribution in [2.24, 2.45) is 0 Å². The molecule has 6 rings (SSSR count). The van der Waals surface area contributed by atoms with Crippen molar-refractivity contribution in [1.82, 2.24) is 19.2 Å². The fraction of sp³-hybridized carbons (Fsp3) is 0.269. The number of amides is 1. The van der Waals surface area contributed by atoms with Gasteiger partial charge in [-0.2, -0.15) is 5.10 Å². The Morgan fingerprint density at radius 2 is 1.73 bits per heavy atom. The SMILES string of the molecule is Cc1nn(CC(=O)N2CCC3(CC2)Nc2ccccc2-n2cccc23)c(=O)c2ccccc12. The summed E-state index contributed by atoms with van der Waals surface area (Å²) < 4.78 is 3.56. The van der Waals surface area contributed by atoms with Crippen LogP contribution < -0.4 is 10.9 Å². The fourth-order valence-electron chi connectivity index (χ4n) is 5.35. The fourth-order valence-corrected chi connectivity index (χ4v) is 5.35. The molecular formula is C26H25N5O2. The van der Waals surface area contributed by atoms with E-state index < -0.39 is 0 Å². The molecule has 0 atom stereocenters. The second kappa shape index (κ2) is 7.33. The zero-order chi connectivity index (χ0) is 22.6. The molecular weight excluding hydrogens is 414 g/mol. The number of aromatic nitrogens is 3. The smallest absolute Gasteiger partial charge is 0.275 e. The third-order valence-electron chi connectivity index (χ3n) is 7.08. The van der Waals surface area contributed by atoms with Crippen molar-refractivity contribution in [2.45, 2.75) is 31.8 Å². The first kappa shape index (κ1) is 19.8. The Bertz CT molecular complexity index is 1440. The second-order valence-electron chi connectivity index (χ2n) is 8.96. The number of nitrogens with one attached hydrogen (secondary N) is 1. The summed E-state index contributed by atoms with van der Waals surface area (Å²) in [7, 11) is 0. The maximum Gasteiger partial charge on any atom is 0.275 e. The average Bonchev–Trinajstić information content (AvgIpc) is 3.34. The van der Waals surface area contributed by atoms with Gasteiger partial charge in [-0.05, 0) is 50.1 Å². The number of aryl methyl sites for hydroxylation is 1. The van der Waals surface area contributed by atoms with Crippen LogP contribution in [0.1, 0.15) is 24.2 Å². The maximum absolute atomic E-state index is 13.1. The van der Waals surface area contributed by atoms with Crippen molar-refractivity contribution in [1.29, 1.82) is 0 Å². The Morgan fingerprint density at radius 3 is 2.55 bits per heavy atom. The topological polar surface area (TPSA) is 72.2 Å². The molecule has 2 aliphatic rings. The first-order chi connectivity index (χ1) is 16.1. The lowest BCUT2D eigenvalue weighted by molar-refractivity contribution is -0.133. The van der Waals surface area contributed by atoms with E-state index in [1.165, 1.54) is 10.4 Å². The molecule has 33 heavy (non-hydrogen) atoms. The van der Waals surface area contributed by atoms with Crippen LogP contribution in [0.4, 0.5) is 5.69 Å². The highest BCUT2D eigenvalue weighted by Crippen LogP contribution is 2.43. The number of hydrogen-bond donors (Lipinski definition) is 1. The molecule has 7 nitrogen and oxygen atoms in total. The van der Waals surface area contributed by atoms with E-state index in [9.17, 15) is 9.59 Å². The van der Waals surface area contributed by atoms with Crippen molar-refractivity contribution in [3.8, 4) is 5.69 Å². The zero-order valence-electron chi connectivity index (χ0n) is 18.5. The third-order valence-corrected chi connectivity index (χ3v) is 7.08. The molecule has 1 spiro atoms. The van der Waals surface area contributed by atoms with Crippen molar-refractivity contribution >= 4 is 22.4 Å². The van der Waals surface area contributed by atoms with Gasteiger partial charge in [-0.1, -0.05) is 30.3 Å². The third kappa shape index (κ3) is 3.07. The number of rotatable bonds is 2. The number of benzene rings is 2. The largest absolute Gasteiger partial charge is 0.372 e. The summed E-state index contributed by atoms with van der Waals surface area (Å²) in [6, 6.07) is 20.0. The van der Waals surface area contributed by atoms with Crippen LogP contribution in [0.25, 0.3) is 16.5 Å². The van der Waals surface area contributed by atoms with Gasteiger partial charge in [-0.15, -0.1) is 0 Å². The van der Waals surface area contributed by atoms with Gasteiger partial charge in [0.25, 0.3) is 5.56 Å². The summed E-state index contributed by atoms with van der Waals surface area (Å²) in [5.74, 6) is -0.0688. The highest BCUT2D eigenvalue weighted by molar-refractivity contribution is 5.83. The summed E-state index contributed by atoms with van der Waals surface area (Å²) in [5.41, 5.74) is 3.82. The molecule has 4 aromatic rings. The van der Waals surface area contributed by atoms with Gasteiger partial charge in [0.15, 0.2) is 0 Å². The number of carbonyl (C=O) groups is 1. The molecule has 2 aliphatic heterocycles. The van der Waals surface area contributed by atoms with Gasteiger partial charge in [0.2, 0.25) is 5.91 Å². The van der Waals surface area contributed by atoms with Crippen LogP contribution in [-0.2, 0) is 16.9 Å². The lowest BCUT2D eigenvalue weighted by Gasteiger charge is -2.46. The molecule has 1 fully saturated rings. The first-order valence-corrected chi connectivity index (χ1v) is 11.4. The van der Waals surface area contributed by atoms with Gasteiger partial charge in [-0.3, -0.25) is 9.59 Å². The summed E-state index contributed by atoms with van der Waals surface area (Å²) in [4.78, 5) is 27.9. The molecule has 0 saturated carbocycles. The predicted molar refractivity (Wildman–Crippen MR) is 128 cm³/mol. The molecule has 166 valence electrons. The molecule has 1 saturated heterocycles. The summed E-state index contributed by atoms with van der Waals surface area (Å²) in [6.07, 6.45) is 3.71. The minimum absolute atomic E-state index is 0.0376. The molecule has 0 aliphatic carbocycles. The lowest BCUT2D eigenvalue weighted by atomic mass is 9.82. The van der Waals surface area contributed by atoms with Gasteiger partial charge in [0.1, 0.15) is 6.54 Å². The summed E-state index contributed by atoms with van der Waals surface area (Å²) in [6.45, 7) is 3.08. The van der Waals surface area contributed by atoms with E-state index in [1.807, 2.05) is 42.2 Å². The minimum atomic E-state index is -0.221. The van der Waals surface area contributed by atoms with E-state index in [0.717, 1.165) is 35.3 Å². The van der Waals surface area contributed by atoms with Gasteiger partial charge in [-0.25, -0.2) is 4.68 Å². The number of anilines is 1. The molecule has 0 bridgehead atoms. The van der Waals surface area contributed by atoms with E-state index in [2.05, 4.69) is 45.4 Å². The van der Waals surface area contributed by atoms with Crippen molar-refractivity contribution in [3.63, 3.8) is 0 Å².